The molecular weight excluding hydrogens is 208 g/mol. The van der Waals surface area contributed by atoms with Crippen LogP contribution in [0.4, 0.5) is 0 Å². The lowest BCUT2D eigenvalue weighted by Crippen LogP contribution is -2.52. The average molecular weight is 228 g/mol. The Labute approximate surface area is 95.9 Å². The molecule has 0 spiro atoms. The number of nitrogens with one attached hydrogen (secondary N) is 2. The number of rotatable bonds is 3. The summed E-state index contributed by atoms with van der Waals surface area (Å²) in [6, 6.07) is -0.123. The zero-order valence-corrected chi connectivity index (χ0v) is 9.91. The minimum absolute atomic E-state index is 0.0625. The van der Waals surface area contributed by atoms with E-state index in [4.69, 9.17) is 9.47 Å². The van der Waals surface area contributed by atoms with E-state index in [0.717, 1.165) is 26.0 Å². The fourth-order valence-electron chi connectivity index (χ4n) is 2.23. The van der Waals surface area contributed by atoms with Gasteiger partial charge in [-0.25, -0.2) is 0 Å². The number of carbonyl (C=O) groups is 1. The summed E-state index contributed by atoms with van der Waals surface area (Å²) in [5.41, 5.74) is -0.191. The number of methoxy groups -OCH3 is 1. The molecule has 2 heterocycles. The molecule has 0 aromatic heterocycles. The van der Waals surface area contributed by atoms with Gasteiger partial charge in [0.25, 0.3) is 0 Å². The lowest BCUT2D eigenvalue weighted by Gasteiger charge is -2.25. The van der Waals surface area contributed by atoms with Gasteiger partial charge < -0.3 is 20.1 Å². The highest BCUT2D eigenvalue weighted by molar-refractivity contribution is 5.82. The van der Waals surface area contributed by atoms with Crippen LogP contribution in [0.25, 0.3) is 0 Å². The fraction of sp³-hybridized carbons (Fsp3) is 0.909. The first kappa shape index (κ1) is 11.8. The Morgan fingerprint density at radius 1 is 1.62 bits per heavy atom. The van der Waals surface area contributed by atoms with Gasteiger partial charge >= 0.3 is 0 Å². The van der Waals surface area contributed by atoms with E-state index in [1.54, 1.807) is 7.11 Å². The van der Waals surface area contributed by atoms with Gasteiger partial charge in [-0.15, -0.1) is 0 Å². The maximum absolute atomic E-state index is 12.0. The standard InChI is InChI=1S/C11H20N2O3/c1-11(3-4-16-7-11)13-10(14)9-5-8(15-2)6-12-9/h8-9,12H,3-7H2,1-2H3,(H,13,14). The molecule has 0 aromatic rings. The third-order valence-electron chi connectivity index (χ3n) is 3.38. The van der Waals surface area contributed by atoms with Gasteiger partial charge in [0.2, 0.25) is 5.91 Å². The van der Waals surface area contributed by atoms with Crippen molar-refractivity contribution in [3.05, 3.63) is 0 Å². The Balaban J connectivity index is 1.84. The summed E-state index contributed by atoms with van der Waals surface area (Å²) in [5.74, 6) is 0.0625. The molecule has 16 heavy (non-hydrogen) atoms. The predicted octanol–water partition coefficient (Wildman–Crippen LogP) is -0.341. The molecule has 0 saturated carbocycles. The van der Waals surface area contributed by atoms with Gasteiger partial charge in [-0.1, -0.05) is 0 Å². The van der Waals surface area contributed by atoms with Gasteiger partial charge in [0, 0.05) is 20.3 Å². The number of carbonyl (C=O) groups excluding carboxylic acids is 1. The van der Waals surface area contributed by atoms with Gasteiger partial charge in [-0.3, -0.25) is 4.79 Å². The first-order valence-corrected chi connectivity index (χ1v) is 5.79. The maximum Gasteiger partial charge on any atom is 0.237 e. The van der Waals surface area contributed by atoms with E-state index in [1.165, 1.54) is 0 Å². The molecule has 2 saturated heterocycles. The Bertz CT molecular complexity index is 264. The van der Waals surface area contributed by atoms with Crippen LogP contribution in [0.2, 0.25) is 0 Å². The third kappa shape index (κ3) is 2.53. The van der Waals surface area contributed by atoms with Crippen molar-refractivity contribution >= 4 is 5.91 Å². The summed E-state index contributed by atoms with van der Waals surface area (Å²) in [4.78, 5) is 12.0. The van der Waals surface area contributed by atoms with Crippen LogP contribution in [0.5, 0.6) is 0 Å². The summed E-state index contributed by atoms with van der Waals surface area (Å²) in [7, 11) is 1.68. The monoisotopic (exact) mass is 228 g/mol. The maximum atomic E-state index is 12.0. The van der Waals surface area contributed by atoms with Crippen molar-refractivity contribution in [1.82, 2.24) is 10.6 Å². The normalized spacial score (nSPS) is 38.9. The highest BCUT2D eigenvalue weighted by Gasteiger charge is 2.36. The van der Waals surface area contributed by atoms with E-state index in [9.17, 15) is 4.79 Å². The minimum Gasteiger partial charge on any atom is -0.380 e. The highest BCUT2D eigenvalue weighted by atomic mass is 16.5. The van der Waals surface area contributed by atoms with Crippen molar-refractivity contribution in [3.63, 3.8) is 0 Å². The van der Waals surface area contributed by atoms with E-state index < -0.39 is 0 Å². The van der Waals surface area contributed by atoms with Crippen LogP contribution in [0.15, 0.2) is 0 Å². The Morgan fingerprint density at radius 2 is 2.44 bits per heavy atom. The van der Waals surface area contributed by atoms with E-state index in [2.05, 4.69) is 10.6 Å². The second-order valence-corrected chi connectivity index (χ2v) is 4.91. The molecule has 92 valence electrons. The Morgan fingerprint density at radius 3 is 3.00 bits per heavy atom. The summed E-state index contributed by atoms with van der Waals surface area (Å²) < 4.78 is 10.5. The predicted molar refractivity (Wildman–Crippen MR) is 59.2 cm³/mol. The number of hydrogen-bond acceptors (Lipinski definition) is 4. The lowest BCUT2D eigenvalue weighted by atomic mass is 10.0. The van der Waals surface area contributed by atoms with Crippen LogP contribution in [-0.4, -0.2) is 50.5 Å². The van der Waals surface area contributed by atoms with Gasteiger partial charge in [-0.05, 0) is 19.8 Å². The smallest absolute Gasteiger partial charge is 0.237 e. The van der Waals surface area contributed by atoms with Crippen LogP contribution >= 0.6 is 0 Å². The third-order valence-corrected chi connectivity index (χ3v) is 3.38. The lowest BCUT2D eigenvalue weighted by molar-refractivity contribution is -0.124. The largest absolute Gasteiger partial charge is 0.380 e. The number of amides is 1. The van der Waals surface area contributed by atoms with Crippen molar-refractivity contribution in [2.24, 2.45) is 0 Å². The number of ether oxygens (including phenoxy) is 2. The highest BCUT2D eigenvalue weighted by Crippen LogP contribution is 2.18. The van der Waals surface area contributed by atoms with E-state index in [-0.39, 0.29) is 23.6 Å². The van der Waals surface area contributed by atoms with Crippen LogP contribution in [-0.2, 0) is 14.3 Å². The van der Waals surface area contributed by atoms with Crippen molar-refractivity contribution in [1.29, 1.82) is 0 Å². The molecule has 1 amide bonds. The SMILES string of the molecule is COC1CNC(C(=O)NC2(C)CCOC2)C1. The quantitative estimate of drug-likeness (QED) is 0.694. The summed E-state index contributed by atoms with van der Waals surface area (Å²) >= 11 is 0. The molecule has 0 radical (unpaired) electrons. The van der Waals surface area contributed by atoms with Crippen LogP contribution in [0.3, 0.4) is 0 Å². The second-order valence-electron chi connectivity index (χ2n) is 4.91. The molecule has 2 aliphatic rings. The van der Waals surface area contributed by atoms with Gasteiger partial charge in [-0.2, -0.15) is 0 Å². The average Bonchev–Trinajstić information content (AvgIpc) is 2.86. The molecule has 3 unspecified atom stereocenters. The van der Waals surface area contributed by atoms with E-state index in [0.29, 0.717) is 6.61 Å². The van der Waals surface area contributed by atoms with Crippen LogP contribution in [0, 0.1) is 0 Å². The molecule has 2 N–H and O–H groups in total. The van der Waals surface area contributed by atoms with E-state index in [1.807, 2.05) is 6.92 Å². The molecule has 0 bridgehead atoms. The van der Waals surface area contributed by atoms with Crippen LogP contribution in [0.1, 0.15) is 19.8 Å². The fourth-order valence-corrected chi connectivity index (χ4v) is 2.23. The molecule has 0 aromatic carbocycles. The Hall–Kier alpha value is -0.650. The van der Waals surface area contributed by atoms with Crippen molar-refractivity contribution in [2.75, 3.05) is 26.9 Å². The van der Waals surface area contributed by atoms with Gasteiger partial charge in [0.05, 0.1) is 24.3 Å². The van der Waals surface area contributed by atoms with Gasteiger partial charge in [0.15, 0.2) is 0 Å². The molecular formula is C11H20N2O3. The minimum atomic E-state index is -0.191. The van der Waals surface area contributed by atoms with Crippen molar-refractivity contribution in [3.8, 4) is 0 Å². The topological polar surface area (TPSA) is 59.6 Å². The van der Waals surface area contributed by atoms with Crippen molar-refractivity contribution in [2.45, 2.75) is 37.5 Å². The summed E-state index contributed by atoms with van der Waals surface area (Å²) in [5, 5.41) is 6.23. The molecule has 5 heteroatoms. The molecule has 0 aliphatic carbocycles. The molecule has 2 aliphatic heterocycles. The zero-order chi connectivity index (χ0) is 11.6. The van der Waals surface area contributed by atoms with E-state index >= 15 is 0 Å². The van der Waals surface area contributed by atoms with Crippen LogP contribution < -0.4 is 10.6 Å². The van der Waals surface area contributed by atoms with Gasteiger partial charge in [0.1, 0.15) is 0 Å². The zero-order valence-electron chi connectivity index (χ0n) is 9.91. The van der Waals surface area contributed by atoms with Crippen molar-refractivity contribution < 1.29 is 14.3 Å². The first-order valence-electron chi connectivity index (χ1n) is 5.79. The summed E-state index contributed by atoms with van der Waals surface area (Å²) in [6.45, 7) is 4.12. The molecule has 2 fully saturated rings. The molecule has 5 nitrogen and oxygen atoms in total. The molecule has 3 atom stereocenters. The summed E-state index contributed by atoms with van der Waals surface area (Å²) in [6.07, 6.45) is 1.79. The first-order chi connectivity index (χ1) is 7.63. The number of hydrogen-bond donors (Lipinski definition) is 2. The second kappa shape index (κ2) is 4.69. The molecule has 2 rings (SSSR count). The Kier molecular flexibility index (Phi) is 3.47.